The summed E-state index contributed by atoms with van der Waals surface area (Å²) >= 11 is 0. The lowest BCUT2D eigenvalue weighted by Crippen LogP contribution is -2.36. The van der Waals surface area contributed by atoms with E-state index in [0.717, 1.165) is 31.4 Å². The van der Waals surface area contributed by atoms with Crippen molar-refractivity contribution in [2.24, 2.45) is 5.41 Å². The molecule has 1 aliphatic heterocycles. The first-order valence-electron chi connectivity index (χ1n) is 6.24. The third-order valence-corrected chi connectivity index (χ3v) is 4.23. The van der Waals surface area contributed by atoms with Gasteiger partial charge in [0.25, 0.3) is 0 Å². The van der Waals surface area contributed by atoms with Crippen molar-refractivity contribution in [3.63, 3.8) is 0 Å². The van der Waals surface area contributed by atoms with Crippen LogP contribution in [0.15, 0.2) is 18.2 Å². The molecule has 1 saturated heterocycles. The maximum atomic E-state index is 12.0. The Bertz CT molecular complexity index is 538. The quantitative estimate of drug-likeness (QED) is 0.785. The van der Waals surface area contributed by atoms with Crippen molar-refractivity contribution in [1.82, 2.24) is 5.32 Å². The first-order chi connectivity index (χ1) is 8.61. The standard InChI is InChI=1S/C14H15NO3/c16-12(17)10-2-1-9-3-4-14(8-11(9)7-10)5-6-15-13(14)18/h1-2,7H,3-6,8H2,(H,15,18)(H,16,17)/t14-/m1/s1. The van der Waals surface area contributed by atoms with E-state index < -0.39 is 5.97 Å². The van der Waals surface area contributed by atoms with Crippen molar-refractivity contribution < 1.29 is 14.7 Å². The maximum absolute atomic E-state index is 12.0. The van der Waals surface area contributed by atoms with Crippen LogP contribution in [0.2, 0.25) is 0 Å². The second-order valence-electron chi connectivity index (χ2n) is 5.25. The van der Waals surface area contributed by atoms with Gasteiger partial charge in [0.1, 0.15) is 0 Å². The largest absolute Gasteiger partial charge is 0.478 e. The molecule has 0 aromatic heterocycles. The second-order valence-corrected chi connectivity index (χ2v) is 5.25. The Hall–Kier alpha value is -1.84. The SMILES string of the molecule is O=C(O)c1ccc2c(c1)C[C@]1(CCNC1=O)CC2. The number of aryl methyl sites for hydroxylation is 1. The summed E-state index contributed by atoms with van der Waals surface area (Å²) in [5.74, 6) is -0.776. The van der Waals surface area contributed by atoms with Gasteiger partial charge in [0.15, 0.2) is 0 Å². The van der Waals surface area contributed by atoms with Crippen LogP contribution in [0.4, 0.5) is 0 Å². The summed E-state index contributed by atoms with van der Waals surface area (Å²) in [6.07, 6.45) is 3.28. The van der Waals surface area contributed by atoms with Crippen LogP contribution in [0.5, 0.6) is 0 Å². The van der Waals surface area contributed by atoms with E-state index in [0.29, 0.717) is 12.0 Å². The summed E-state index contributed by atoms with van der Waals surface area (Å²) in [4.78, 5) is 22.9. The highest BCUT2D eigenvalue weighted by Crippen LogP contribution is 2.41. The van der Waals surface area contributed by atoms with E-state index >= 15 is 0 Å². The maximum Gasteiger partial charge on any atom is 0.335 e. The summed E-state index contributed by atoms with van der Waals surface area (Å²) < 4.78 is 0. The molecule has 0 bridgehead atoms. The van der Waals surface area contributed by atoms with Crippen molar-refractivity contribution in [3.8, 4) is 0 Å². The number of hydrogen-bond acceptors (Lipinski definition) is 2. The van der Waals surface area contributed by atoms with Gasteiger partial charge in [0.2, 0.25) is 5.91 Å². The Kier molecular flexibility index (Phi) is 2.40. The van der Waals surface area contributed by atoms with Crippen molar-refractivity contribution in [2.75, 3.05) is 6.54 Å². The van der Waals surface area contributed by atoms with E-state index in [1.807, 2.05) is 6.07 Å². The first kappa shape index (κ1) is 11.3. The van der Waals surface area contributed by atoms with Gasteiger partial charge in [-0.15, -0.1) is 0 Å². The van der Waals surface area contributed by atoms with Crippen LogP contribution in [-0.2, 0) is 17.6 Å². The van der Waals surface area contributed by atoms with Crippen molar-refractivity contribution in [2.45, 2.75) is 25.7 Å². The zero-order chi connectivity index (χ0) is 12.8. The summed E-state index contributed by atoms with van der Waals surface area (Å²) in [7, 11) is 0. The zero-order valence-electron chi connectivity index (χ0n) is 10.0. The van der Waals surface area contributed by atoms with Crippen LogP contribution in [0.1, 0.15) is 34.3 Å². The van der Waals surface area contributed by atoms with Gasteiger partial charge in [-0.05, 0) is 48.9 Å². The monoisotopic (exact) mass is 245 g/mol. The molecular formula is C14H15NO3. The molecule has 4 nitrogen and oxygen atoms in total. The lowest BCUT2D eigenvalue weighted by atomic mass is 9.70. The smallest absolute Gasteiger partial charge is 0.335 e. The summed E-state index contributed by atoms with van der Waals surface area (Å²) in [5, 5.41) is 11.9. The average molecular weight is 245 g/mol. The predicted molar refractivity (Wildman–Crippen MR) is 65.5 cm³/mol. The minimum absolute atomic E-state index is 0.133. The van der Waals surface area contributed by atoms with Gasteiger partial charge in [0.05, 0.1) is 11.0 Å². The number of nitrogens with one attached hydrogen (secondary N) is 1. The Morgan fingerprint density at radius 2 is 2.11 bits per heavy atom. The van der Waals surface area contributed by atoms with E-state index in [1.165, 1.54) is 5.56 Å². The average Bonchev–Trinajstić information content (AvgIpc) is 2.70. The van der Waals surface area contributed by atoms with Gasteiger partial charge in [-0.1, -0.05) is 6.07 Å². The fraction of sp³-hybridized carbons (Fsp3) is 0.429. The highest BCUT2D eigenvalue weighted by atomic mass is 16.4. The number of carboxylic acid groups (broad SMARTS) is 1. The second kappa shape index (κ2) is 3.83. The van der Waals surface area contributed by atoms with Crippen molar-refractivity contribution in [3.05, 3.63) is 34.9 Å². The van der Waals surface area contributed by atoms with Crippen LogP contribution < -0.4 is 5.32 Å². The molecule has 2 N–H and O–H groups in total. The normalized spacial score (nSPS) is 25.9. The fourth-order valence-corrected chi connectivity index (χ4v) is 3.12. The topological polar surface area (TPSA) is 66.4 Å². The molecule has 1 aromatic carbocycles. The molecule has 1 atom stereocenters. The molecule has 1 aromatic rings. The van der Waals surface area contributed by atoms with E-state index in [4.69, 9.17) is 5.11 Å². The minimum atomic E-state index is -0.909. The molecule has 1 aliphatic carbocycles. The number of fused-ring (bicyclic) bond motifs is 1. The molecule has 94 valence electrons. The number of benzene rings is 1. The molecule has 3 rings (SSSR count). The van der Waals surface area contributed by atoms with Crippen molar-refractivity contribution >= 4 is 11.9 Å². The summed E-state index contributed by atoms with van der Waals surface area (Å²) in [6.45, 7) is 0.743. The van der Waals surface area contributed by atoms with Gasteiger partial charge in [-0.25, -0.2) is 4.79 Å². The van der Waals surface area contributed by atoms with E-state index in [2.05, 4.69) is 5.32 Å². The van der Waals surface area contributed by atoms with Gasteiger partial charge < -0.3 is 10.4 Å². The number of amides is 1. The number of aromatic carboxylic acids is 1. The molecule has 1 fully saturated rings. The molecular weight excluding hydrogens is 230 g/mol. The predicted octanol–water partition coefficient (Wildman–Crippen LogP) is 1.38. The third-order valence-electron chi connectivity index (χ3n) is 4.23. The summed E-state index contributed by atoms with van der Waals surface area (Å²) in [6, 6.07) is 5.26. The van der Waals surface area contributed by atoms with E-state index in [1.54, 1.807) is 12.1 Å². The molecule has 0 unspecified atom stereocenters. The van der Waals surface area contributed by atoms with Gasteiger partial charge in [-0.2, -0.15) is 0 Å². The highest BCUT2D eigenvalue weighted by Gasteiger charge is 2.44. The van der Waals surface area contributed by atoms with Crippen LogP contribution >= 0.6 is 0 Å². The van der Waals surface area contributed by atoms with Crippen molar-refractivity contribution in [1.29, 1.82) is 0 Å². The lowest BCUT2D eigenvalue weighted by molar-refractivity contribution is -0.128. The van der Waals surface area contributed by atoms with Gasteiger partial charge >= 0.3 is 5.97 Å². The zero-order valence-corrected chi connectivity index (χ0v) is 10.0. The third kappa shape index (κ3) is 1.60. The highest BCUT2D eigenvalue weighted by molar-refractivity contribution is 5.88. The van der Waals surface area contributed by atoms with E-state index in [-0.39, 0.29) is 11.3 Å². The lowest BCUT2D eigenvalue weighted by Gasteiger charge is -2.32. The number of hydrogen-bond donors (Lipinski definition) is 2. The molecule has 2 aliphatic rings. The van der Waals surface area contributed by atoms with Crippen LogP contribution in [0, 0.1) is 5.41 Å². The molecule has 1 spiro atoms. The number of carbonyl (C=O) groups is 2. The number of carbonyl (C=O) groups excluding carboxylic acids is 1. The van der Waals surface area contributed by atoms with Crippen LogP contribution in [-0.4, -0.2) is 23.5 Å². The van der Waals surface area contributed by atoms with Gasteiger partial charge in [0, 0.05) is 6.54 Å². The Balaban J connectivity index is 1.98. The number of carboxylic acids is 1. The van der Waals surface area contributed by atoms with Crippen LogP contribution in [0.3, 0.4) is 0 Å². The first-order valence-corrected chi connectivity index (χ1v) is 6.24. The Morgan fingerprint density at radius 3 is 2.78 bits per heavy atom. The summed E-state index contributed by atoms with van der Waals surface area (Å²) in [5.41, 5.74) is 2.23. The van der Waals surface area contributed by atoms with Gasteiger partial charge in [-0.3, -0.25) is 4.79 Å². The van der Waals surface area contributed by atoms with E-state index in [9.17, 15) is 9.59 Å². The Labute approximate surface area is 105 Å². The molecule has 0 radical (unpaired) electrons. The molecule has 0 saturated carbocycles. The minimum Gasteiger partial charge on any atom is -0.478 e. The number of rotatable bonds is 1. The molecule has 1 amide bonds. The molecule has 1 heterocycles. The molecule has 4 heteroatoms. The van der Waals surface area contributed by atoms with Crippen LogP contribution in [0.25, 0.3) is 0 Å². The molecule has 18 heavy (non-hydrogen) atoms. The Morgan fingerprint density at radius 1 is 1.28 bits per heavy atom. The fourth-order valence-electron chi connectivity index (χ4n) is 3.12.